The second-order valence-electron chi connectivity index (χ2n) is 4.61. The van der Waals surface area contributed by atoms with Crippen LogP contribution in [0.5, 0.6) is 0 Å². The average Bonchev–Trinajstić information content (AvgIpc) is 2.68. The third-order valence-corrected chi connectivity index (χ3v) is 4.15. The lowest BCUT2D eigenvalue weighted by molar-refractivity contribution is 0.687. The molecule has 0 atom stereocenters. The van der Waals surface area contributed by atoms with Crippen LogP contribution in [-0.4, -0.2) is 18.1 Å². The predicted molar refractivity (Wildman–Crippen MR) is 76.0 cm³/mol. The van der Waals surface area contributed by atoms with E-state index in [1.807, 2.05) is 0 Å². The normalized spacial score (nSPS) is 15.3. The minimum Gasteiger partial charge on any atom is -0.363 e. The Morgan fingerprint density at radius 2 is 2.28 bits per heavy atom. The maximum atomic E-state index is 4.56. The van der Waals surface area contributed by atoms with Crippen molar-refractivity contribution in [3.05, 3.63) is 45.9 Å². The molecule has 1 aliphatic rings. The van der Waals surface area contributed by atoms with Crippen LogP contribution in [0.4, 0.5) is 5.69 Å². The van der Waals surface area contributed by atoms with Crippen LogP contribution in [0.25, 0.3) is 0 Å². The Kier molecular flexibility index (Phi) is 3.30. The zero-order chi connectivity index (χ0) is 12.4. The molecule has 2 aromatic rings. The molecule has 0 bridgehead atoms. The van der Waals surface area contributed by atoms with Gasteiger partial charge in [0.15, 0.2) is 0 Å². The molecule has 0 unspecified atom stereocenters. The van der Waals surface area contributed by atoms with Gasteiger partial charge >= 0.3 is 0 Å². The van der Waals surface area contributed by atoms with Crippen molar-refractivity contribution in [2.75, 3.05) is 18.0 Å². The van der Waals surface area contributed by atoms with E-state index in [1.165, 1.54) is 16.3 Å². The van der Waals surface area contributed by atoms with Gasteiger partial charge in [-0.1, -0.05) is 18.2 Å². The number of aryl methyl sites for hydroxylation is 1. The van der Waals surface area contributed by atoms with Crippen molar-refractivity contribution >= 4 is 17.0 Å². The zero-order valence-corrected chi connectivity index (χ0v) is 11.3. The van der Waals surface area contributed by atoms with Crippen LogP contribution in [0.2, 0.25) is 0 Å². The number of hydrogen-bond donors (Lipinski definition) is 1. The molecule has 1 N–H and O–H groups in total. The third kappa shape index (κ3) is 2.40. The molecule has 3 nitrogen and oxygen atoms in total. The standard InChI is InChI=1S/C14H17N3S/c1-11-10-18-14(16-11)9-17-7-6-15-8-12-4-2-3-5-13(12)17/h2-5,10,15H,6-9H2,1H3. The largest absolute Gasteiger partial charge is 0.363 e. The fraction of sp³-hybridized carbons (Fsp3) is 0.357. The smallest absolute Gasteiger partial charge is 0.112 e. The van der Waals surface area contributed by atoms with Crippen LogP contribution in [0, 0.1) is 6.92 Å². The molecule has 18 heavy (non-hydrogen) atoms. The Labute approximate surface area is 111 Å². The molecule has 0 fully saturated rings. The fourth-order valence-corrected chi connectivity index (χ4v) is 3.12. The average molecular weight is 259 g/mol. The van der Waals surface area contributed by atoms with Gasteiger partial charge in [0.05, 0.1) is 6.54 Å². The number of thiazole rings is 1. The highest BCUT2D eigenvalue weighted by Crippen LogP contribution is 2.24. The third-order valence-electron chi connectivity index (χ3n) is 3.20. The van der Waals surface area contributed by atoms with Crippen molar-refractivity contribution in [3.8, 4) is 0 Å². The molecule has 1 aliphatic heterocycles. The number of anilines is 1. The number of rotatable bonds is 2. The summed E-state index contributed by atoms with van der Waals surface area (Å²) < 4.78 is 0. The van der Waals surface area contributed by atoms with E-state index in [4.69, 9.17) is 0 Å². The first-order valence-electron chi connectivity index (χ1n) is 6.27. The Morgan fingerprint density at radius 1 is 1.39 bits per heavy atom. The number of nitrogens with one attached hydrogen (secondary N) is 1. The molecule has 0 saturated heterocycles. The molecule has 0 saturated carbocycles. The van der Waals surface area contributed by atoms with Crippen LogP contribution in [0.15, 0.2) is 29.6 Å². The number of aromatic nitrogens is 1. The van der Waals surface area contributed by atoms with Crippen LogP contribution in [-0.2, 0) is 13.1 Å². The van der Waals surface area contributed by atoms with E-state index in [1.54, 1.807) is 11.3 Å². The highest BCUT2D eigenvalue weighted by Gasteiger charge is 2.15. The molecule has 0 spiro atoms. The molecule has 94 valence electrons. The Morgan fingerprint density at radius 3 is 3.11 bits per heavy atom. The lowest BCUT2D eigenvalue weighted by Gasteiger charge is -2.23. The van der Waals surface area contributed by atoms with Gasteiger partial charge in [-0.25, -0.2) is 4.98 Å². The van der Waals surface area contributed by atoms with Gasteiger partial charge in [0.1, 0.15) is 5.01 Å². The monoisotopic (exact) mass is 259 g/mol. The van der Waals surface area contributed by atoms with Crippen LogP contribution in [0.3, 0.4) is 0 Å². The van der Waals surface area contributed by atoms with Gasteiger partial charge < -0.3 is 10.2 Å². The molecule has 0 amide bonds. The summed E-state index contributed by atoms with van der Waals surface area (Å²) in [5.41, 5.74) is 3.84. The number of nitrogens with zero attached hydrogens (tertiary/aromatic N) is 2. The van der Waals surface area contributed by atoms with E-state index in [0.29, 0.717) is 0 Å². The van der Waals surface area contributed by atoms with Gasteiger partial charge in [0, 0.05) is 36.4 Å². The quantitative estimate of drug-likeness (QED) is 0.898. The summed E-state index contributed by atoms with van der Waals surface area (Å²) in [6, 6.07) is 8.64. The van der Waals surface area contributed by atoms with Crippen molar-refractivity contribution in [2.24, 2.45) is 0 Å². The second kappa shape index (κ2) is 5.08. The first kappa shape index (κ1) is 11.7. The molecule has 4 heteroatoms. The van der Waals surface area contributed by atoms with Crippen molar-refractivity contribution in [1.29, 1.82) is 0 Å². The molecule has 0 radical (unpaired) electrons. The first-order chi connectivity index (χ1) is 8.83. The Balaban J connectivity index is 1.87. The maximum Gasteiger partial charge on any atom is 0.112 e. The minimum atomic E-state index is 0.914. The molecule has 1 aromatic heterocycles. The molecular weight excluding hydrogens is 242 g/mol. The van der Waals surface area contributed by atoms with E-state index in [2.05, 4.69) is 51.8 Å². The lowest BCUT2D eigenvalue weighted by atomic mass is 10.1. The van der Waals surface area contributed by atoms with Gasteiger partial charge in [-0.15, -0.1) is 11.3 Å². The highest BCUT2D eigenvalue weighted by molar-refractivity contribution is 7.09. The van der Waals surface area contributed by atoms with Gasteiger partial charge in [-0.2, -0.15) is 0 Å². The second-order valence-corrected chi connectivity index (χ2v) is 5.55. The number of hydrogen-bond acceptors (Lipinski definition) is 4. The van der Waals surface area contributed by atoms with Crippen molar-refractivity contribution in [3.63, 3.8) is 0 Å². The fourth-order valence-electron chi connectivity index (χ4n) is 2.33. The zero-order valence-electron chi connectivity index (χ0n) is 10.5. The number of para-hydroxylation sites is 1. The molecule has 0 aliphatic carbocycles. The minimum absolute atomic E-state index is 0.914. The summed E-state index contributed by atoms with van der Waals surface area (Å²) in [6.07, 6.45) is 0. The summed E-state index contributed by atoms with van der Waals surface area (Å²) in [4.78, 5) is 6.99. The number of fused-ring (bicyclic) bond motifs is 1. The first-order valence-corrected chi connectivity index (χ1v) is 7.15. The Bertz CT molecular complexity index is 535. The van der Waals surface area contributed by atoms with Gasteiger partial charge in [0.25, 0.3) is 0 Å². The summed E-state index contributed by atoms with van der Waals surface area (Å²) in [6.45, 7) is 5.99. The van der Waals surface area contributed by atoms with E-state index >= 15 is 0 Å². The van der Waals surface area contributed by atoms with Crippen LogP contribution >= 0.6 is 11.3 Å². The maximum absolute atomic E-state index is 4.56. The summed E-state index contributed by atoms with van der Waals surface area (Å²) in [7, 11) is 0. The van der Waals surface area contributed by atoms with Crippen molar-refractivity contribution in [1.82, 2.24) is 10.3 Å². The van der Waals surface area contributed by atoms with E-state index < -0.39 is 0 Å². The van der Waals surface area contributed by atoms with Crippen molar-refractivity contribution < 1.29 is 0 Å². The van der Waals surface area contributed by atoms with Crippen molar-refractivity contribution in [2.45, 2.75) is 20.0 Å². The SMILES string of the molecule is Cc1csc(CN2CCNCc3ccccc32)n1. The van der Waals surface area contributed by atoms with E-state index in [0.717, 1.165) is 31.9 Å². The topological polar surface area (TPSA) is 28.2 Å². The molecule has 1 aromatic carbocycles. The van der Waals surface area contributed by atoms with Crippen LogP contribution in [0.1, 0.15) is 16.3 Å². The molecule has 2 heterocycles. The van der Waals surface area contributed by atoms with Gasteiger partial charge in [0.2, 0.25) is 0 Å². The predicted octanol–water partition coefficient (Wildman–Crippen LogP) is 2.56. The summed E-state index contributed by atoms with van der Waals surface area (Å²) in [5, 5.41) is 6.79. The Hall–Kier alpha value is -1.39. The summed E-state index contributed by atoms with van der Waals surface area (Å²) >= 11 is 1.75. The highest BCUT2D eigenvalue weighted by atomic mass is 32.1. The van der Waals surface area contributed by atoms with Gasteiger partial charge in [-0.3, -0.25) is 0 Å². The van der Waals surface area contributed by atoms with Gasteiger partial charge in [-0.05, 0) is 18.6 Å². The summed E-state index contributed by atoms with van der Waals surface area (Å²) in [5.74, 6) is 0. The van der Waals surface area contributed by atoms with Crippen LogP contribution < -0.4 is 10.2 Å². The molecular formula is C14H17N3S. The molecule has 3 rings (SSSR count). The number of benzene rings is 1. The van der Waals surface area contributed by atoms with E-state index in [9.17, 15) is 0 Å². The van der Waals surface area contributed by atoms with E-state index in [-0.39, 0.29) is 0 Å². The lowest BCUT2D eigenvalue weighted by Crippen LogP contribution is -2.28.